The number of hydrogen-bond donors (Lipinski definition) is 1. The fraction of sp³-hybridized carbons (Fsp3) is 0.250. The summed E-state index contributed by atoms with van der Waals surface area (Å²) in [6, 6.07) is 6.41. The van der Waals surface area contributed by atoms with E-state index in [1.165, 1.54) is 7.11 Å². The Morgan fingerprint density at radius 2 is 1.71 bits per heavy atom. The maximum atomic E-state index is 13.7. The number of hydrogen-bond acceptors (Lipinski definition) is 2. The van der Waals surface area contributed by atoms with Crippen molar-refractivity contribution in [3.05, 3.63) is 64.5 Å². The van der Waals surface area contributed by atoms with Gasteiger partial charge in [0, 0.05) is 18.6 Å². The molecule has 0 heterocycles. The van der Waals surface area contributed by atoms with E-state index in [0.717, 1.165) is 5.56 Å². The van der Waals surface area contributed by atoms with E-state index in [-0.39, 0.29) is 6.42 Å². The van der Waals surface area contributed by atoms with Crippen LogP contribution in [0.4, 0.5) is 13.2 Å². The lowest BCUT2D eigenvalue weighted by atomic mass is 9.98. The van der Waals surface area contributed by atoms with Crippen molar-refractivity contribution < 1.29 is 23.0 Å². The molecule has 2 aromatic rings. The van der Waals surface area contributed by atoms with Gasteiger partial charge in [-0.05, 0) is 18.6 Å². The van der Waals surface area contributed by atoms with Crippen LogP contribution in [0.25, 0.3) is 0 Å². The normalized spacial score (nSPS) is 12.3. The number of halogens is 3. The van der Waals surface area contributed by atoms with Crippen molar-refractivity contribution in [1.82, 2.24) is 0 Å². The van der Waals surface area contributed by atoms with Crippen LogP contribution < -0.4 is 4.74 Å². The van der Waals surface area contributed by atoms with Gasteiger partial charge in [-0.3, -0.25) is 0 Å². The zero-order chi connectivity index (χ0) is 15.6. The van der Waals surface area contributed by atoms with Gasteiger partial charge in [0.1, 0.15) is 23.2 Å². The molecule has 1 atom stereocenters. The standard InChI is InChI=1S/C16H15F3O2/c1-9-3-4-15(21-2)10(5-9)6-14(20)16-12(18)7-11(17)8-13(16)19/h3-5,7-8,14,20H,6H2,1-2H3. The van der Waals surface area contributed by atoms with Crippen LogP contribution in [0.15, 0.2) is 30.3 Å². The van der Waals surface area contributed by atoms with Crippen LogP contribution in [0, 0.1) is 24.4 Å². The van der Waals surface area contributed by atoms with Crippen molar-refractivity contribution in [3.63, 3.8) is 0 Å². The highest BCUT2D eigenvalue weighted by atomic mass is 19.1. The van der Waals surface area contributed by atoms with E-state index in [4.69, 9.17) is 4.74 Å². The predicted molar refractivity (Wildman–Crippen MR) is 72.7 cm³/mol. The molecule has 2 rings (SSSR count). The molecule has 0 aliphatic heterocycles. The van der Waals surface area contributed by atoms with Gasteiger partial charge in [0.25, 0.3) is 0 Å². The molecule has 0 aromatic heterocycles. The Hall–Kier alpha value is -2.01. The van der Waals surface area contributed by atoms with Crippen molar-refractivity contribution in [1.29, 1.82) is 0 Å². The Bertz CT molecular complexity index is 633. The molecule has 0 saturated heterocycles. The van der Waals surface area contributed by atoms with Crippen molar-refractivity contribution >= 4 is 0 Å². The quantitative estimate of drug-likeness (QED) is 0.932. The van der Waals surface area contributed by atoms with Gasteiger partial charge in [0.2, 0.25) is 0 Å². The maximum absolute atomic E-state index is 13.7. The van der Waals surface area contributed by atoms with Crippen molar-refractivity contribution in [2.24, 2.45) is 0 Å². The van der Waals surface area contributed by atoms with E-state index in [1.54, 1.807) is 12.1 Å². The van der Waals surface area contributed by atoms with Gasteiger partial charge in [-0.2, -0.15) is 0 Å². The average Bonchev–Trinajstić information content (AvgIpc) is 2.37. The maximum Gasteiger partial charge on any atom is 0.134 e. The largest absolute Gasteiger partial charge is 0.496 e. The predicted octanol–water partition coefficient (Wildman–Crippen LogP) is 3.70. The summed E-state index contributed by atoms with van der Waals surface area (Å²) in [5.74, 6) is -2.71. The van der Waals surface area contributed by atoms with Crippen LogP contribution >= 0.6 is 0 Å². The molecule has 21 heavy (non-hydrogen) atoms. The van der Waals surface area contributed by atoms with Crippen LogP contribution in [-0.2, 0) is 6.42 Å². The van der Waals surface area contributed by atoms with Crippen LogP contribution in [0.3, 0.4) is 0 Å². The van der Waals surface area contributed by atoms with E-state index in [2.05, 4.69) is 0 Å². The highest BCUT2D eigenvalue weighted by Crippen LogP contribution is 2.29. The number of benzene rings is 2. The molecule has 0 spiro atoms. The Labute approximate surface area is 120 Å². The second kappa shape index (κ2) is 6.18. The molecule has 0 aliphatic carbocycles. The third-order valence-electron chi connectivity index (χ3n) is 3.23. The Kier molecular flexibility index (Phi) is 4.53. The van der Waals surface area contributed by atoms with Crippen molar-refractivity contribution in [2.45, 2.75) is 19.4 Å². The molecule has 0 aliphatic rings. The first-order valence-electron chi connectivity index (χ1n) is 6.38. The van der Waals surface area contributed by atoms with Gasteiger partial charge in [-0.1, -0.05) is 17.7 Å². The van der Waals surface area contributed by atoms with Gasteiger partial charge in [-0.25, -0.2) is 13.2 Å². The highest BCUT2D eigenvalue weighted by molar-refractivity contribution is 5.38. The third-order valence-corrected chi connectivity index (χ3v) is 3.23. The van der Waals surface area contributed by atoms with Crippen LogP contribution in [0.2, 0.25) is 0 Å². The minimum atomic E-state index is -1.43. The fourth-order valence-electron chi connectivity index (χ4n) is 2.25. The second-order valence-corrected chi connectivity index (χ2v) is 4.82. The van der Waals surface area contributed by atoms with Gasteiger partial charge in [0.05, 0.1) is 18.8 Å². The van der Waals surface area contributed by atoms with Crippen molar-refractivity contribution in [2.75, 3.05) is 7.11 Å². The number of aliphatic hydroxyl groups is 1. The lowest BCUT2D eigenvalue weighted by Gasteiger charge is -2.16. The molecule has 0 radical (unpaired) electrons. The number of ether oxygens (including phenoxy) is 1. The first kappa shape index (κ1) is 15.4. The van der Waals surface area contributed by atoms with Crippen molar-refractivity contribution in [3.8, 4) is 5.75 Å². The molecule has 5 heteroatoms. The zero-order valence-corrected chi connectivity index (χ0v) is 11.7. The number of aliphatic hydroxyl groups excluding tert-OH is 1. The fourth-order valence-corrected chi connectivity index (χ4v) is 2.25. The van der Waals surface area contributed by atoms with Gasteiger partial charge in [0.15, 0.2) is 0 Å². The topological polar surface area (TPSA) is 29.5 Å². The average molecular weight is 296 g/mol. The summed E-state index contributed by atoms with van der Waals surface area (Å²) >= 11 is 0. The minimum Gasteiger partial charge on any atom is -0.496 e. The summed E-state index contributed by atoms with van der Waals surface area (Å²) in [5, 5.41) is 10.1. The molecule has 1 N–H and O–H groups in total. The summed E-state index contributed by atoms with van der Waals surface area (Å²) in [6.07, 6.45) is -1.47. The first-order chi connectivity index (χ1) is 9.92. The number of methoxy groups -OCH3 is 1. The molecule has 112 valence electrons. The van der Waals surface area contributed by atoms with Gasteiger partial charge >= 0.3 is 0 Å². The molecule has 2 nitrogen and oxygen atoms in total. The van der Waals surface area contributed by atoms with E-state index in [9.17, 15) is 18.3 Å². The molecule has 0 fully saturated rings. The smallest absolute Gasteiger partial charge is 0.134 e. The molecule has 0 saturated carbocycles. The first-order valence-corrected chi connectivity index (χ1v) is 6.38. The highest BCUT2D eigenvalue weighted by Gasteiger charge is 2.21. The molecule has 0 amide bonds. The second-order valence-electron chi connectivity index (χ2n) is 4.82. The van der Waals surface area contributed by atoms with Crippen LogP contribution in [0.1, 0.15) is 22.8 Å². The summed E-state index contributed by atoms with van der Waals surface area (Å²) < 4.78 is 45.4. The summed E-state index contributed by atoms with van der Waals surface area (Å²) in [6.45, 7) is 1.86. The lowest BCUT2D eigenvalue weighted by Crippen LogP contribution is -2.09. The SMILES string of the molecule is COc1ccc(C)cc1CC(O)c1c(F)cc(F)cc1F. The third kappa shape index (κ3) is 3.36. The van der Waals surface area contributed by atoms with Gasteiger partial charge < -0.3 is 9.84 Å². The van der Waals surface area contributed by atoms with Crippen LogP contribution in [0.5, 0.6) is 5.75 Å². The summed E-state index contributed by atoms with van der Waals surface area (Å²) in [7, 11) is 1.47. The lowest BCUT2D eigenvalue weighted by molar-refractivity contribution is 0.167. The van der Waals surface area contributed by atoms with E-state index in [1.807, 2.05) is 13.0 Å². The number of rotatable bonds is 4. The monoisotopic (exact) mass is 296 g/mol. The van der Waals surface area contributed by atoms with E-state index < -0.39 is 29.1 Å². The summed E-state index contributed by atoms with van der Waals surface area (Å²) in [4.78, 5) is 0. The molecule has 2 aromatic carbocycles. The Balaban J connectivity index is 2.34. The van der Waals surface area contributed by atoms with E-state index in [0.29, 0.717) is 23.4 Å². The van der Waals surface area contributed by atoms with E-state index >= 15 is 0 Å². The summed E-state index contributed by atoms with van der Waals surface area (Å²) in [5.41, 5.74) is 1.01. The zero-order valence-electron chi connectivity index (χ0n) is 11.7. The minimum absolute atomic E-state index is 0.0374. The Morgan fingerprint density at radius 1 is 1.10 bits per heavy atom. The molecule has 0 bridgehead atoms. The van der Waals surface area contributed by atoms with Crippen LogP contribution in [-0.4, -0.2) is 12.2 Å². The Morgan fingerprint density at radius 3 is 2.29 bits per heavy atom. The number of aryl methyl sites for hydroxylation is 1. The molecular formula is C16H15F3O2. The molecule has 1 unspecified atom stereocenters. The van der Waals surface area contributed by atoms with Gasteiger partial charge in [-0.15, -0.1) is 0 Å². The molecular weight excluding hydrogens is 281 g/mol.